The lowest BCUT2D eigenvalue weighted by atomic mass is 10.0. The molecule has 0 spiro atoms. The van der Waals surface area contributed by atoms with E-state index in [0.717, 1.165) is 31.1 Å². The van der Waals surface area contributed by atoms with Crippen LogP contribution in [-0.2, 0) is 16.1 Å². The third-order valence-electron chi connectivity index (χ3n) is 4.18. The van der Waals surface area contributed by atoms with E-state index in [1.165, 1.54) is 6.42 Å². The Morgan fingerprint density at radius 2 is 2.16 bits per heavy atom. The third kappa shape index (κ3) is 5.30. The fourth-order valence-electron chi connectivity index (χ4n) is 3.19. The lowest BCUT2D eigenvalue weighted by Gasteiger charge is -2.18. The number of carboxylic acids is 1. The SMILES string of the molecule is COc1ncccc1CN1C[C@@H]2C[C@@H](C)O[C@@H]2C1.O=C(O)C(F)(F)F. The van der Waals surface area contributed by atoms with Gasteiger partial charge in [-0.3, -0.25) is 4.90 Å². The predicted octanol–water partition coefficient (Wildman–Crippen LogP) is 2.33. The van der Waals surface area contributed by atoms with E-state index in [1.54, 1.807) is 13.3 Å². The van der Waals surface area contributed by atoms with Gasteiger partial charge in [-0.15, -0.1) is 0 Å². The van der Waals surface area contributed by atoms with Gasteiger partial charge in [-0.05, 0) is 19.4 Å². The molecule has 6 nitrogen and oxygen atoms in total. The lowest BCUT2D eigenvalue weighted by Crippen LogP contribution is -2.24. The van der Waals surface area contributed by atoms with E-state index < -0.39 is 12.1 Å². The smallest absolute Gasteiger partial charge is 0.481 e. The van der Waals surface area contributed by atoms with E-state index in [9.17, 15) is 13.2 Å². The van der Waals surface area contributed by atoms with Crippen LogP contribution in [-0.4, -0.2) is 59.5 Å². The quantitative estimate of drug-likeness (QED) is 0.890. The summed E-state index contributed by atoms with van der Waals surface area (Å²) in [5.74, 6) is -1.31. The summed E-state index contributed by atoms with van der Waals surface area (Å²) in [6.45, 7) is 5.24. The zero-order valence-electron chi connectivity index (χ0n) is 14.0. The summed E-state index contributed by atoms with van der Waals surface area (Å²) in [5.41, 5.74) is 1.16. The summed E-state index contributed by atoms with van der Waals surface area (Å²) in [5, 5.41) is 7.12. The van der Waals surface area contributed by atoms with Crippen LogP contribution in [0, 0.1) is 5.92 Å². The highest BCUT2D eigenvalue weighted by atomic mass is 19.4. The Labute approximate surface area is 143 Å². The van der Waals surface area contributed by atoms with Gasteiger partial charge >= 0.3 is 12.1 Å². The number of halogens is 3. The minimum atomic E-state index is -5.08. The fraction of sp³-hybridized carbons (Fsp3) is 0.625. The highest BCUT2D eigenvalue weighted by Crippen LogP contribution is 2.33. The number of aliphatic carboxylic acids is 1. The molecule has 2 aliphatic heterocycles. The maximum atomic E-state index is 10.6. The molecule has 140 valence electrons. The summed E-state index contributed by atoms with van der Waals surface area (Å²) in [6.07, 6.45) is -1.24. The Kier molecular flexibility index (Phi) is 6.23. The molecule has 1 aromatic rings. The number of carbonyl (C=O) groups is 1. The molecule has 3 atom stereocenters. The zero-order chi connectivity index (χ0) is 18.6. The Bertz CT molecular complexity index is 583. The molecule has 3 heterocycles. The highest BCUT2D eigenvalue weighted by molar-refractivity contribution is 5.73. The largest absolute Gasteiger partial charge is 0.490 e. The van der Waals surface area contributed by atoms with Crippen molar-refractivity contribution in [2.45, 2.75) is 38.3 Å². The first-order valence-corrected chi connectivity index (χ1v) is 7.86. The molecule has 1 aromatic heterocycles. The predicted molar refractivity (Wildman–Crippen MR) is 82.2 cm³/mol. The first kappa shape index (κ1) is 19.5. The standard InChI is InChI=1S/C14H20N2O2.C2HF3O2/c1-10-6-12-8-16(9-13(12)18-10)7-11-4-3-5-15-14(11)17-2;3-2(4,5)1(6)7/h3-5,10,12-13H,6-9H2,1-2H3;(H,6,7)/t10-,12+,13-;/m1./s1. The van der Waals surface area contributed by atoms with Crippen molar-refractivity contribution in [2.24, 2.45) is 5.92 Å². The first-order chi connectivity index (χ1) is 11.7. The van der Waals surface area contributed by atoms with Gasteiger partial charge in [0.15, 0.2) is 0 Å². The van der Waals surface area contributed by atoms with Gasteiger partial charge in [-0.1, -0.05) is 6.07 Å². The average Bonchev–Trinajstić information content (AvgIpc) is 3.04. The molecular weight excluding hydrogens is 341 g/mol. The summed E-state index contributed by atoms with van der Waals surface area (Å²) >= 11 is 0. The number of pyridine rings is 1. The molecule has 2 aliphatic rings. The van der Waals surface area contributed by atoms with E-state index in [-0.39, 0.29) is 0 Å². The number of aromatic nitrogens is 1. The van der Waals surface area contributed by atoms with Crippen molar-refractivity contribution in [3.63, 3.8) is 0 Å². The number of hydrogen-bond donors (Lipinski definition) is 1. The molecule has 3 rings (SSSR count). The van der Waals surface area contributed by atoms with Gasteiger partial charge in [-0.25, -0.2) is 9.78 Å². The number of carboxylic acid groups (broad SMARTS) is 1. The number of alkyl halides is 3. The van der Waals surface area contributed by atoms with Gasteiger partial charge in [0.2, 0.25) is 5.88 Å². The number of methoxy groups -OCH3 is 1. The van der Waals surface area contributed by atoms with E-state index >= 15 is 0 Å². The maximum Gasteiger partial charge on any atom is 0.490 e. The average molecular weight is 362 g/mol. The van der Waals surface area contributed by atoms with Crippen LogP contribution >= 0.6 is 0 Å². The van der Waals surface area contributed by atoms with Crippen LogP contribution in [0.15, 0.2) is 18.3 Å². The Morgan fingerprint density at radius 1 is 1.48 bits per heavy atom. The van der Waals surface area contributed by atoms with Crippen molar-refractivity contribution < 1.29 is 32.5 Å². The monoisotopic (exact) mass is 362 g/mol. The molecule has 0 aliphatic carbocycles. The molecule has 0 aromatic carbocycles. The van der Waals surface area contributed by atoms with Gasteiger partial charge in [0.1, 0.15) is 0 Å². The van der Waals surface area contributed by atoms with Gasteiger partial charge in [0, 0.05) is 37.3 Å². The lowest BCUT2D eigenvalue weighted by molar-refractivity contribution is -0.192. The van der Waals surface area contributed by atoms with Gasteiger partial charge in [0.05, 0.1) is 19.3 Å². The van der Waals surface area contributed by atoms with E-state index in [2.05, 4.69) is 22.9 Å². The Balaban J connectivity index is 0.000000277. The molecule has 25 heavy (non-hydrogen) atoms. The van der Waals surface area contributed by atoms with Crippen molar-refractivity contribution in [2.75, 3.05) is 20.2 Å². The summed E-state index contributed by atoms with van der Waals surface area (Å²) in [6, 6.07) is 4.05. The second kappa shape index (κ2) is 8.01. The van der Waals surface area contributed by atoms with Crippen molar-refractivity contribution in [1.29, 1.82) is 0 Å². The minimum absolute atomic E-state index is 0.433. The number of likely N-dealkylation sites (tertiary alicyclic amines) is 1. The van der Waals surface area contributed by atoms with Crippen LogP contribution in [0.4, 0.5) is 13.2 Å². The second-order valence-electron chi connectivity index (χ2n) is 6.15. The van der Waals surface area contributed by atoms with Crippen molar-refractivity contribution >= 4 is 5.97 Å². The van der Waals surface area contributed by atoms with E-state index in [0.29, 0.717) is 18.1 Å². The number of hydrogen-bond acceptors (Lipinski definition) is 5. The molecule has 0 bridgehead atoms. The van der Waals surface area contributed by atoms with Crippen molar-refractivity contribution in [1.82, 2.24) is 9.88 Å². The number of fused-ring (bicyclic) bond motifs is 1. The number of ether oxygens (including phenoxy) is 2. The van der Waals surface area contributed by atoms with Crippen LogP contribution < -0.4 is 4.74 Å². The number of rotatable bonds is 3. The molecule has 1 N–H and O–H groups in total. The van der Waals surface area contributed by atoms with Gasteiger partial charge in [-0.2, -0.15) is 13.2 Å². The summed E-state index contributed by atoms with van der Waals surface area (Å²) < 4.78 is 43.0. The van der Waals surface area contributed by atoms with Crippen LogP contribution in [0.5, 0.6) is 5.88 Å². The molecule has 9 heteroatoms. The van der Waals surface area contributed by atoms with Crippen LogP contribution in [0.2, 0.25) is 0 Å². The molecular formula is C16H21F3N2O4. The van der Waals surface area contributed by atoms with E-state index in [1.807, 2.05) is 6.07 Å². The second-order valence-corrected chi connectivity index (χ2v) is 6.15. The summed E-state index contributed by atoms with van der Waals surface area (Å²) in [4.78, 5) is 15.6. The Morgan fingerprint density at radius 3 is 2.72 bits per heavy atom. The molecule has 0 radical (unpaired) electrons. The molecule has 2 saturated heterocycles. The topological polar surface area (TPSA) is 71.9 Å². The Hall–Kier alpha value is -1.87. The van der Waals surface area contributed by atoms with E-state index in [4.69, 9.17) is 19.4 Å². The number of nitrogens with zero attached hydrogens (tertiary/aromatic N) is 2. The molecule has 0 unspecified atom stereocenters. The van der Waals surface area contributed by atoms with Gasteiger partial charge < -0.3 is 14.6 Å². The highest BCUT2D eigenvalue weighted by Gasteiger charge is 2.40. The minimum Gasteiger partial charge on any atom is -0.481 e. The van der Waals surface area contributed by atoms with Crippen molar-refractivity contribution in [3.8, 4) is 5.88 Å². The maximum absolute atomic E-state index is 10.6. The fourth-order valence-corrected chi connectivity index (χ4v) is 3.19. The van der Waals surface area contributed by atoms with Gasteiger partial charge in [0.25, 0.3) is 0 Å². The normalized spacial score (nSPS) is 25.9. The van der Waals surface area contributed by atoms with Crippen LogP contribution in [0.1, 0.15) is 18.9 Å². The van der Waals surface area contributed by atoms with Crippen molar-refractivity contribution in [3.05, 3.63) is 23.9 Å². The van der Waals surface area contributed by atoms with Crippen LogP contribution in [0.3, 0.4) is 0 Å². The summed E-state index contributed by atoms with van der Waals surface area (Å²) in [7, 11) is 1.68. The zero-order valence-corrected chi connectivity index (χ0v) is 14.0. The molecule has 0 amide bonds. The molecule has 0 saturated carbocycles. The van der Waals surface area contributed by atoms with Crippen LogP contribution in [0.25, 0.3) is 0 Å². The first-order valence-electron chi connectivity index (χ1n) is 7.86. The third-order valence-corrected chi connectivity index (χ3v) is 4.18. The molecule has 2 fully saturated rings.